The Labute approximate surface area is 115 Å². The molecule has 3 rings (SSSR count). The standard InChI is InChI=1S/C12H16N6O2/c1-18-16-12(15-17-18)7-9(14-13)8-2-3-10-11(6-8)20-5-4-19-10/h2-3,6,9,14H,4-5,7,13H2,1H3. The third-order valence-corrected chi connectivity index (χ3v) is 3.11. The van der Waals surface area contributed by atoms with Crippen molar-refractivity contribution in [2.24, 2.45) is 12.9 Å². The highest BCUT2D eigenvalue weighted by molar-refractivity contribution is 5.44. The maximum Gasteiger partial charge on any atom is 0.176 e. The molecular formula is C12H16N6O2. The summed E-state index contributed by atoms with van der Waals surface area (Å²) in [4.78, 5) is 1.42. The SMILES string of the molecule is Cn1nnc(CC(NN)c2ccc3c(c2)OCCO3)n1. The molecule has 3 N–H and O–H groups in total. The second-order valence-corrected chi connectivity index (χ2v) is 4.52. The van der Waals surface area contributed by atoms with Crippen molar-refractivity contribution >= 4 is 0 Å². The Morgan fingerprint density at radius 3 is 2.85 bits per heavy atom. The van der Waals surface area contributed by atoms with Crippen molar-refractivity contribution in [1.29, 1.82) is 0 Å². The van der Waals surface area contributed by atoms with E-state index in [1.807, 2.05) is 18.2 Å². The lowest BCUT2D eigenvalue weighted by Crippen LogP contribution is -2.30. The summed E-state index contributed by atoms with van der Waals surface area (Å²) in [6.07, 6.45) is 0.546. The van der Waals surface area contributed by atoms with Crippen molar-refractivity contribution in [2.75, 3.05) is 13.2 Å². The quantitative estimate of drug-likeness (QED) is 0.585. The van der Waals surface area contributed by atoms with Gasteiger partial charge in [-0.15, -0.1) is 10.2 Å². The predicted molar refractivity (Wildman–Crippen MR) is 70.0 cm³/mol. The molecule has 0 aliphatic carbocycles. The van der Waals surface area contributed by atoms with Crippen molar-refractivity contribution in [1.82, 2.24) is 25.6 Å². The first-order valence-corrected chi connectivity index (χ1v) is 6.35. The molecule has 0 spiro atoms. The Hall–Kier alpha value is -2.19. The number of nitrogens with zero attached hydrogens (tertiary/aromatic N) is 4. The Bertz CT molecular complexity index is 599. The van der Waals surface area contributed by atoms with Gasteiger partial charge < -0.3 is 9.47 Å². The third kappa shape index (κ3) is 2.56. The molecule has 1 aromatic heterocycles. The van der Waals surface area contributed by atoms with Crippen LogP contribution in [0.1, 0.15) is 17.4 Å². The maximum absolute atomic E-state index is 5.63. The molecule has 1 unspecified atom stereocenters. The molecule has 106 valence electrons. The van der Waals surface area contributed by atoms with E-state index in [-0.39, 0.29) is 6.04 Å². The summed E-state index contributed by atoms with van der Waals surface area (Å²) < 4.78 is 11.1. The maximum atomic E-state index is 5.63. The molecule has 0 saturated carbocycles. The lowest BCUT2D eigenvalue weighted by atomic mass is 10.0. The minimum Gasteiger partial charge on any atom is -0.486 e. The number of nitrogens with one attached hydrogen (secondary N) is 1. The van der Waals surface area contributed by atoms with Gasteiger partial charge in [0.25, 0.3) is 0 Å². The van der Waals surface area contributed by atoms with E-state index in [4.69, 9.17) is 15.3 Å². The number of rotatable bonds is 4. The number of fused-ring (bicyclic) bond motifs is 1. The third-order valence-electron chi connectivity index (χ3n) is 3.11. The summed E-state index contributed by atoms with van der Waals surface area (Å²) in [6.45, 7) is 1.14. The van der Waals surface area contributed by atoms with Gasteiger partial charge in [0.1, 0.15) is 13.2 Å². The normalized spacial score (nSPS) is 15.1. The minimum atomic E-state index is -0.116. The summed E-state index contributed by atoms with van der Waals surface area (Å²) in [5.41, 5.74) is 3.76. The first kappa shape index (κ1) is 12.8. The van der Waals surface area contributed by atoms with Gasteiger partial charge in [-0.2, -0.15) is 4.80 Å². The largest absolute Gasteiger partial charge is 0.486 e. The molecule has 1 atom stereocenters. The summed E-state index contributed by atoms with van der Waals surface area (Å²) in [5, 5.41) is 11.9. The van der Waals surface area contributed by atoms with Crippen molar-refractivity contribution in [3.05, 3.63) is 29.6 Å². The first-order chi connectivity index (χ1) is 9.76. The number of benzene rings is 1. The number of ether oxygens (including phenoxy) is 2. The zero-order valence-corrected chi connectivity index (χ0v) is 11.1. The highest BCUT2D eigenvalue weighted by Crippen LogP contribution is 2.32. The number of hydrazine groups is 1. The van der Waals surface area contributed by atoms with Crippen LogP contribution in [0.4, 0.5) is 0 Å². The number of aryl methyl sites for hydroxylation is 1. The van der Waals surface area contributed by atoms with Gasteiger partial charge in [0.2, 0.25) is 0 Å². The highest BCUT2D eigenvalue weighted by atomic mass is 16.6. The molecule has 1 aliphatic rings. The Morgan fingerprint density at radius 2 is 2.15 bits per heavy atom. The van der Waals surface area contributed by atoms with Crippen LogP contribution in [0, 0.1) is 0 Å². The Balaban J connectivity index is 1.81. The topological polar surface area (TPSA) is 100 Å². The van der Waals surface area contributed by atoms with Crippen molar-refractivity contribution < 1.29 is 9.47 Å². The molecule has 1 aromatic carbocycles. The molecule has 0 saturated heterocycles. The Kier molecular flexibility index (Phi) is 3.48. The summed E-state index contributed by atoms with van der Waals surface area (Å²) >= 11 is 0. The number of hydrogen-bond acceptors (Lipinski definition) is 7. The fourth-order valence-electron chi connectivity index (χ4n) is 2.14. The number of nitrogens with two attached hydrogens (primary N) is 1. The second-order valence-electron chi connectivity index (χ2n) is 4.52. The monoisotopic (exact) mass is 276 g/mol. The van der Waals surface area contributed by atoms with Crippen LogP contribution in [-0.2, 0) is 13.5 Å². The fraction of sp³-hybridized carbons (Fsp3) is 0.417. The lowest BCUT2D eigenvalue weighted by molar-refractivity contribution is 0.171. The van der Waals surface area contributed by atoms with E-state index in [1.54, 1.807) is 7.05 Å². The molecule has 0 radical (unpaired) electrons. The van der Waals surface area contributed by atoms with Crippen LogP contribution in [0.3, 0.4) is 0 Å². The van der Waals surface area contributed by atoms with Crippen molar-refractivity contribution in [2.45, 2.75) is 12.5 Å². The first-order valence-electron chi connectivity index (χ1n) is 6.35. The van der Waals surface area contributed by atoms with E-state index in [0.29, 0.717) is 25.5 Å². The highest BCUT2D eigenvalue weighted by Gasteiger charge is 2.18. The minimum absolute atomic E-state index is 0.116. The smallest absolute Gasteiger partial charge is 0.176 e. The lowest BCUT2D eigenvalue weighted by Gasteiger charge is -2.21. The van der Waals surface area contributed by atoms with Gasteiger partial charge in [0, 0.05) is 6.42 Å². The zero-order valence-electron chi connectivity index (χ0n) is 11.1. The number of hydrogen-bond donors (Lipinski definition) is 2. The van der Waals surface area contributed by atoms with Crippen molar-refractivity contribution in [3.8, 4) is 11.5 Å². The summed E-state index contributed by atoms with van der Waals surface area (Å²) in [7, 11) is 1.73. The van der Waals surface area contributed by atoms with Gasteiger partial charge in [-0.3, -0.25) is 11.3 Å². The van der Waals surface area contributed by atoms with E-state index in [2.05, 4.69) is 20.8 Å². The molecule has 2 heterocycles. The van der Waals surface area contributed by atoms with Crippen LogP contribution in [0.15, 0.2) is 18.2 Å². The van der Waals surface area contributed by atoms with Gasteiger partial charge in [0.05, 0.1) is 13.1 Å². The predicted octanol–water partition coefficient (Wildman–Crippen LogP) is -0.272. The van der Waals surface area contributed by atoms with Crippen LogP contribution in [0.5, 0.6) is 11.5 Å². The zero-order chi connectivity index (χ0) is 13.9. The molecule has 8 heteroatoms. The van der Waals surface area contributed by atoms with E-state index in [1.165, 1.54) is 4.80 Å². The van der Waals surface area contributed by atoms with Crippen LogP contribution >= 0.6 is 0 Å². The molecule has 0 bridgehead atoms. The van der Waals surface area contributed by atoms with Crippen LogP contribution in [0.2, 0.25) is 0 Å². The Morgan fingerprint density at radius 1 is 1.35 bits per heavy atom. The van der Waals surface area contributed by atoms with E-state index in [9.17, 15) is 0 Å². The van der Waals surface area contributed by atoms with E-state index in [0.717, 1.165) is 17.1 Å². The van der Waals surface area contributed by atoms with Gasteiger partial charge >= 0.3 is 0 Å². The average molecular weight is 276 g/mol. The molecule has 0 fully saturated rings. The molecule has 20 heavy (non-hydrogen) atoms. The number of tetrazole rings is 1. The molecular weight excluding hydrogens is 260 g/mol. The van der Waals surface area contributed by atoms with Crippen LogP contribution in [-0.4, -0.2) is 33.4 Å². The van der Waals surface area contributed by atoms with Crippen molar-refractivity contribution in [3.63, 3.8) is 0 Å². The second kappa shape index (κ2) is 5.43. The van der Waals surface area contributed by atoms with Gasteiger partial charge in [-0.25, -0.2) is 0 Å². The van der Waals surface area contributed by atoms with Crippen LogP contribution in [0.25, 0.3) is 0 Å². The molecule has 1 aliphatic heterocycles. The van der Waals surface area contributed by atoms with E-state index >= 15 is 0 Å². The van der Waals surface area contributed by atoms with E-state index < -0.39 is 0 Å². The van der Waals surface area contributed by atoms with Gasteiger partial charge in [-0.1, -0.05) is 6.07 Å². The van der Waals surface area contributed by atoms with Gasteiger partial charge in [0.15, 0.2) is 17.3 Å². The summed E-state index contributed by atoms with van der Waals surface area (Å²) in [6, 6.07) is 5.65. The van der Waals surface area contributed by atoms with Crippen LogP contribution < -0.4 is 20.7 Å². The van der Waals surface area contributed by atoms with Gasteiger partial charge in [-0.05, 0) is 22.9 Å². The summed E-state index contributed by atoms with van der Waals surface area (Å²) in [5.74, 6) is 7.76. The fourth-order valence-corrected chi connectivity index (χ4v) is 2.14. The molecule has 2 aromatic rings. The average Bonchev–Trinajstić information content (AvgIpc) is 2.89. The molecule has 8 nitrogen and oxygen atoms in total. The molecule has 0 amide bonds. The number of aromatic nitrogens is 4.